The van der Waals surface area contributed by atoms with E-state index in [0.717, 1.165) is 25.6 Å². The first-order chi connectivity index (χ1) is 14.1. The number of hydrogen-bond acceptors (Lipinski definition) is 6. The molecular formula is C20H13BrFN3OS3. The molecule has 0 spiro atoms. The van der Waals surface area contributed by atoms with Crippen LogP contribution in [0.4, 0.5) is 9.52 Å². The average molecular weight is 506 g/mol. The van der Waals surface area contributed by atoms with Gasteiger partial charge in [-0.1, -0.05) is 39.8 Å². The third-order valence-corrected chi connectivity index (χ3v) is 7.15. The predicted octanol–water partition coefficient (Wildman–Crippen LogP) is 6.57. The van der Waals surface area contributed by atoms with Gasteiger partial charge in [0.2, 0.25) is 5.91 Å². The zero-order chi connectivity index (χ0) is 20.2. The van der Waals surface area contributed by atoms with Gasteiger partial charge < -0.3 is 5.32 Å². The van der Waals surface area contributed by atoms with E-state index < -0.39 is 0 Å². The highest BCUT2D eigenvalue weighted by Gasteiger charge is 2.11. The first kappa shape index (κ1) is 20.2. The molecule has 2 aromatic heterocycles. The Morgan fingerprint density at radius 2 is 1.59 bits per heavy atom. The summed E-state index contributed by atoms with van der Waals surface area (Å²) >= 11 is 7.67. The third kappa shape index (κ3) is 5.30. The molecule has 29 heavy (non-hydrogen) atoms. The molecule has 1 N–H and O–H groups in total. The molecule has 0 saturated carbocycles. The SMILES string of the molecule is O=C(CSc1nc(-c2ccc(Br)cc2)cs1)Nc1nc(-c2ccc(F)cc2)cs1. The maximum absolute atomic E-state index is 13.0. The van der Waals surface area contributed by atoms with Crippen LogP contribution in [0.2, 0.25) is 0 Å². The second kappa shape index (κ2) is 9.17. The molecule has 0 fully saturated rings. The van der Waals surface area contributed by atoms with E-state index in [2.05, 4.69) is 31.2 Å². The standard InChI is InChI=1S/C20H13BrFN3OS3/c21-14-5-1-12(2-6-14)17-10-28-20(24-17)29-11-18(26)25-19-23-16(9-27-19)13-3-7-15(22)8-4-13/h1-10H,11H2,(H,23,25,26). The fraction of sp³-hybridized carbons (Fsp3) is 0.0500. The van der Waals surface area contributed by atoms with Crippen LogP contribution in [0.3, 0.4) is 0 Å². The van der Waals surface area contributed by atoms with Crippen molar-refractivity contribution in [2.75, 3.05) is 11.1 Å². The number of thiazole rings is 2. The van der Waals surface area contributed by atoms with Crippen LogP contribution in [0.15, 0.2) is 68.1 Å². The summed E-state index contributed by atoms with van der Waals surface area (Å²) in [4.78, 5) is 21.2. The number of halogens is 2. The van der Waals surface area contributed by atoms with Crippen LogP contribution in [0, 0.1) is 5.82 Å². The summed E-state index contributed by atoms with van der Waals surface area (Å²) in [5.74, 6) is -0.186. The van der Waals surface area contributed by atoms with Crippen LogP contribution < -0.4 is 5.32 Å². The Kier molecular flexibility index (Phi) is 6.39. The second-order valence-corrected chi connectivity index (χ2v) is 9.74. The Hall–Kier alpha value is -2.07. The number of nitrogens with one attached hydrogen (secondary N) is 1. The van der Waals surface area contributed by atoms with Gasteiger partial charge in [-0.15, -0.1) is 22.7 Å². The summed E-state index contributed by atoms with van der Waals surface area (Å²) in [6.45, 7) is 0. The molecule has 0 aliphatic rings. The number of benzene rings is 2. The van der Waals surface area contributed by atoms with E-state index in [1.54, 1.807) is 12.1 Å². The molecule has 0 atom stereocenters. The van der Waals surface area contributed by atoms with Gasteiger partial charge in [-0.25, -0.2) is 14.4 Å². The van der Waals surface area contributed by atoms with Crippen molar-refractivity contribution >= 4 is 61.4 Å². The van der Waals surface area contributed by atoms with Crippen molar-refractivity contribution in [1.29, 1.82) is 0 Å². The van der Waals surface area contributed by atoms with Crippen LogP contribution >= 0.6 is 50.4 Å². The molecule has 0 bridgehead atoms. The van der Waals surface area contributed by atoms with Crippen molar-refractivity contribution in [2.45, 2.75) is 4.34 Å². The Balaban J connectivity index is 1.33. The summed E-state index contributed by atoms with van der Waals surface area (Å²) in [6.07, 6.45) is 0. The molecule has 0 saturated heterocycles. The number of aromatic nitrogens is 2. The molecule has 1 amide bonds. The lowest BCUT2D eigenvalue weighted by atomic mass is 10.2. The smallest absolute Gasteiger partial charge is 0.236 e. The number of nitrogens with zero attached hydrogens (tertiary/aromatic N) is 2. The van der Waals surface area contributed by atoms with Gasteiger partial charge in [-0.05, 0) is 36.4 Å². The van der Waals surface area contributed by atoms with Crippen molar-refractivity contribution in [2.24, 2.45) is 0 Å². The summed E-state index contributed by atoms with van der Waals surface area (Å²) in [7, 11) is 0. The number of rotatable bonds is 6. The molecule has 4 rings (SSSR count). The van der Waals surface area contributed by atoms with Gasteiger partial charge in [-0.2, -0.15) is 0 Å². The quantitative estimate of drug-likeness (QED) is 0.301. The lowest BCUT2D eigenvalue weighted by Gasteiger charge is -2.00. The first-order valence-electron chi connectivity index (χ1n) is 8.42. The topological polar surface area (TPSA) is 54.9 Å². The minimum Gasteiger partial charge on any atom is -0.301 e. The highest BCUT2D eigenvalue weighted by molar-refractivity contribution is 9.10. The van der Waals surface area contributed by atoms with Crippen LogP contribution in [-0.2, 0) is 4.79 Å². The zero-order valence-electron chi connectivity index (χ0n) is 14.8. The average Bonchev–Trinajstić information content (AvgIpc) is 3.37. The predicted molar refractivity (Wildman–Crippen MR) is 122 cm³/mol. The maximum Gasteiger partial charge on any atom is 0.236 e. The molecule has 9 heteroatoms. The van der Waals surface area contributed by atoms with Gasteiger partial charge in [0.1, 0.15) is 5.82 Å². The molecule has 4 nitrogen and oxygen atoms in total. The minimum atomic E-state index is -0.292. The number of thioether (sulfide) groups is 1. The molecule has 0 aliphatic heterocycles. The van der Waals surface area contributed by atoms with E-state index >= 15 is 0 Å². The highest BCUT2D eigenvalue weighted by atomic mass is 79.9. The van der Waals surface area contributed by atoms with Crippen molar-refractivity contribution in [1.82, 2.24) is 9.97 Å². The van der Waals surface area contributed by atoms with Crippen molar-refractivity contribution in [3.63, 3.8) is 0 Å². The Labute approximate surface area is 187 Å². The molecule has 4 aromatic rings. The van der Waals surface area contributed by atoms with Gasteiger partial charge in [0.15, 0.2) is 9.47 Å². The van der Waals surface area contributed by atoms with Gasteiger partial charge in [0, 0.05) is 26.4 Å². The lowest BCUT2D eigenvalue weighted by molar-refractivity contribution is -0.113. The van der Waals surface area contributed by atoms with Crippen molar-refractivity contribution < 1.29 is 9.18 Å². The lowest BCUT2D eigenvalue weighted by Crippen LogP contribution is -2.13. The minimum absolute atomic E-state index is 0.143. The second-order valence-electron chi connectivity index (χ2n) is 5.89. The first-order valence-corrected chi connectivity index (χ1v) is 12.0. The van der Waals surface area contributed by atoms with Crippen LogP contribution in [-0.4, -0.2) is 21.6 Å². The maximum atomic E-state index is 13.0. The molecule has 0 unspecified atom stereocenters. The van der Waals surface area contributed by atoms with Crippen LogP contribution in [0.5, 0.6) is 0 Å². The fourth-order valence-corrected chi connectivity index (χ4v) is 5.08. The number of carbonyl (C=O) groups excluding carboxylic acids is 1. The zero-order valence-corrected chi connectivity index (χ0v) is 18.8. The van der Waals surface area contributed by atoms with Gasteiger partial charge in [-0.3, -0.25) is 4.79 Å². The van der Waals surface area contributed by atoms with Crippen LogP contribution in [0.1, 0.15) is 0 Å². The molecule has 2 aromatic carbocycles. The van der Waals surface area contributed by atoms with E-state index in [0.29, 0.717) is 10.8 Å². The van der Waals surface area contributed by atoms with Gasteiger partial charge in [0.25, 0.3) is 0 Å². The van der Waals surface area contributed by atoms with E-state index in [1.165, 1.54) is 46.6 Å². The Bertz CT molecular complexity index is 1130. The van der Waals surface area contributed by atoms with E-state index in [-0.39, 0.29) is 17.5 Å². The normalized spacial score (nSPS) is 10.8. The van der Waals surface area contributed by atoms with Crippen LogP contribution in [0.25, 0.3) is 22.5 Å². The van der Waals surface area contributed by atoms with Gasteiger partial charge in [0.05, 0.1) is 17.1 Å². The monoisotopic (exact) mass is 505 g/mol. The number of hydrogen-bond donors (Lipinski definition) is 1. The Morgan fingerprint density at radius 3 is 2.31 bits per heavy atom. The third-order valence-electron chi connectivity index (χ3n) is 3.84. The number of anilines is 1. The highest BCUT2D eigenvalue weighted by Crippen LogP contribution is 2.29. The number of carbonyl (C=O) groups is 1. The summed E-state index contributed by atoms with van der Waals surface area (Å²) in [5.41, 5.74) is 3.45. The molecule has 0 radical (unpaired) electrons. The van der Waals surface area contributed by atoms with E-state index in [9.17, 15) is 9.18 Å². The van der Waals surface area contributed by atoms with E-state index in [1.807, 2.05) is 35.0 Å². The summed E-state index contributed by atoms with van der Waals surface area (Å²) < 4.78 is 14.9. The molecule has 2 heterocycles. The number of amides is 1. The van der Waals surface area contributed by atoms with E-state index in [4.69, 9.17) is 0 Å². The molecular weight excluding hydrogens is 493 g/mol. The van der Waals surface area contributed by atoms with Crippen molar-refractivity contribution in [3.8, 4) is 22.5 Å². The van der Waals surface area contributed by atoms with Gasteiger partial charge >= 0.3 is 0 Å². The van der Waals surface area contributed by atoms with Crippen molar-refractivity contribution in [3.05, 3.63) is 69.6 Å². The molecule has 0 aliphatic carbocycles. The fourth-order valence-electron chi connectivity index (χ4n) is 2.44. The largest absolute Gasteiger partial charge is 0.301 e. The molecule has 146 valence electrons. The summed E-state index contributed by atoms with van der Waals surface area (Å²) in [5, 5.41) is 7.14. The Morgan fingerprint density at radius 1 is 0.966 bits per heavy atom. The summed E-state index contributed by atoms with van der Waals surface area (Å²) in [6, 6.07) is 14.1.